The second kappa shape index (κ2) is 6.15. The zero-order valence-electron chi connectivity index (χ0n) is 14.8. The maximum Gasteiger partial charge on any atom is 0.410 e. The molecule has 7 heteroatoms. The summed E-state index contributed by atoms with van der Waals surface area (Å²) < 4.78 is 5.52. The van der Waals surface area contributed by atoms with Gasteiger partial charge in [-0.15, -0.1) is 0 Å². The summed E-state index contributed by atoms with van der Waals surface area (Å²) in [5, 5.41) is 0.265. The minimum atomic E-state index is -0.461. The van der Waals surface area contributed by atoms with Crippen molar-refractivity contribution in [2.24, 2.45) is 5.41 Å². The molecule has 0 unspecified atom stereocenters. The molecule has 132 valence electrons. The van der Waals surface area contributed by atoms with E-state index >= 15 is 0 Å². The molecule has 2 saturated heterocycles. The van der Waals surface area contributed by atoms with Crippen LogP contribution in [0.1, 0.15) is 39.7 Å². The van der Waals surface area contributed by atoms with Gasteiger partial charge in [-0.25, -0.2) is 14.8 Å². The first-order valence-electron chi connectivity index (χ1n) is 8.35. The van der Waals surface area contributed by atoms with Crippen molar-refractivity contribution in [1.29, 1.82) is 0 Å². The second-order valence-electron chi connectivity index (χ2n) is 8.11. The fraction of sp³-hybridized carbons (Fsp3) is 0.706. The molecular formula is C17H25ClN4O2. The van der Waals surface area contributed by atoms with Gasteiger partial charge in [0.15, 0.2) is 0 Å². The SMILES string of the molecule is CC(C)(C)OC(=O)N1CC[C@]2(C)CN(Cc3cnc(Cl)nc3)[C@@H]2C1. The predicted molar refractivity (Wildman–Crippen MR) is 91.8 cm³/mol. The van der Waals surface area contributed by atoms with Gasteiger partial charge in [-0.05, 0) is 44.2 Å². The zero-order valence-corrected chi connectivity index (χ0v) is 15.5. The van der Waals surface area contributed by atoms with Crippen LogP contribution in [0, 0.1) is 5.41 Å². The molecule has 0 aromatic carbocycles. The first kappa shape index (κ1) is 17.4. The van der Waals surface area contributed by atoms with Gasteiger partial charge in [0.05, 0.1) is 0 Å². The summed E-state index contributed by atoms with van der Waals surface area (Å²) in [5.74, 6) is 0. The van der Waals surface area contributed by atoms with Crippen molar-refractivity contribution in [3.8, 4) is 0 Å². The lowest BCUT2D eigenvalue weighted by molar-refractivity contribution is -0.115. The molecule has 0 spiro atoms. The molecule has 1 aromatic heterocycles. The molecule has 2 aliphatic heterocycles. The molecule has 24 heavy (non-hydrogen) atoms. The van der Waals surface area contributed by atoms with Crippen LogP contribution < -0.4 is 0 Å². The largest absolute Gasteiger partial charge is 0.444 e. The quantitative estimate of drug-likeness (QED) is 0.766. The number of nitrogens with zero attached hydrogens (tertiary/aromatic N) is 4. The van der Waals surface area contributed by atoms with E-state index < -0.39 is 5.60 Å². The maximum atomic E-state index is 12.3. The monoisotopic (exact) mass is 352 g/mol. The number of carbonyl (C=O) groups excluding carboxylic acids is 1. The lowest BCUT2D eigenvalue weighted by Crippen LogP contribution is -2.70. The number of carbonyl (C=O) groups is 1. The van der Waals surface area contributed by atoms with Gasteiger partial charge in [0.2, 0.25) is 5.28 Å². The molecule has 0 saturated carbocycles. The number of hydrogen-bond donors (Lipinski definition) is 0. The highest BCUT2D eigenvalue weighted by atomic mass is 35.5. The number of fused-ring (bicyclic) bond motifs is 1. The van der Waals surface area contributed by atoms with Crippen LogP contribution in [0.15, 0.2) is 12.4 Å². The first-order valence-corrected chi connectivity index (χ1v) is 8.72. The Morgan fingerprint density at radius 1 is 1.42 bits per heavy atom. The van der Waals surface area contributed by atoms with Crippen LogP contribution in [0.5, 0.6) is 0 Å². The summed E-state index contributed by atoms with van der Waals surface area (Å²) in [5.41, 5.74) is 0.847. The smallest absolute Gasteiger partial charge is 0.410 e. The van der Waals surface area contributed by atoms with Gasteiger partial charge in [-0.2, -0.15) is 0 Å². The average Bonchev–Trinajstić information content (AvgIpc) is 2.46. The van der Waals surface area contributed by atoms with Crippen molar-refractivity contribution in [3.05, 3.63) is 23.2 Å². The summed E-state index contributed by atoms with van der Waals surface area (Å²) in [7, 11) is 0. The van der Waals surface area contributed by atoms with Crippen molar-refractivity contribution in [1.82, 2.24) is 19.8 Å². The van der Waals surface area contributed by atoms with E-state index in [2.05, 4.69) is 21.8 Å². The van der Waals surface area contributed by atoms with Gasteiger partial charge in [-0.1, -0.05) is 6.92 Å². The summed E-state index contributed by atoms with van der Waals surface area (Å²) in [6.07, 6.45) is 4.31. The standard InChI is InChI=1S/C17H25ClN4O2/c1-16(2,3)24-15(23)21-6-5-17(4)11-22(13(17)10-21)9-12-7-19-14(18)20-8-12/h7-8,13H,5-6,9-11H2,1-4H3/t13-,17-/m1/s1. The Morgan fingerprint density at radius 3 is 2.71 bits per heavy atom. The number of hydrogen-bond acceptors (Lipinski definition) is 5. The molecule has 2 aliphatic rings. The predicted octanol–water partition coefficient (Wildman–Crippen LogP) is 2.96. The summed E-state index contributed by atoms with van der Waals surface area (Å²) in [6.45, 7) is 11.3. The van der Waals surface area contributed by atoms with Crippen LogP contribution in [0.4, 0.5) is 4.79 Å². The van der Waals surface area contributed by atoms with E-state index in [-0.39, 0.29) is 16.8 Å². The highest BCUT2D eigenvalue weighted by Gasteiger charge is 2.52. The lowest BCUT2D eigenvalue weighted by Gasteiger charge is -2.60. The summed E-state index contributed by atoms with van der Waals surface area (Å²) >= 11 is 5.74. The average molecular weight is 353 g/mol. The number of likely N-dealkylation sites (tertiary alicyclic amines) is 2. The molecule has 0 aliphatic carbocycles. The minimum Gasteiger partial charge on any atom is -0.444 e. The molecule has 0 radical (unpaired) electrons. The van der Waals surface area contributed by atoms with Gasteiger partial charge in [0, 0.05) is 50.2 Å². The van der Waals surface area contributed by atoms with Crippen LogP contribution in [-0.4, -0.2) is 57.1 Å². The molecular weight excluding hydrogens is 328 g/mol. The van der Waals surface area contributed by atoms with E-state index in [1.807, 2.05) is 25.7 Å². The normalized spacial score (nSPS) is 27.4. The molecule has 1 amide bonds. The van der Waals surface area contributed by atoms with Crippen molar-refractivity contribution < 1.29 is 9.53 Å². The number of halogens is 1. The van der Waals surface area contributed by atoms with Gasteiger partial charge in [0.1, 0.15) is 5.60 Å². The Morgan fingerprint density at radius 2 is 2.08 bits per heavy atom. The Labute approximate surface area is 148 Å². The zero-order chi connectivity index (χ0) is 17.5. The van der Waals surface area contributed by atoms with Crippen LogP contribution in [0.25, 0.3) is 0 Å². The molecule has 3 rings (SSSR count). The Hall–Kier alpha value is -1.40. The number of piperidine rings is 1. The van der Waals surface area contributed by atoms with E-state index in [0.29, 0.717) is 12.6 Å². The first-order chi connectivity index (χ1) is 11.2. The molecule has 2 fully saturated rings. The molecule has 1 aromatic rings. The van der Waals surface area contributed by atoms with E-state index in [1.165, 1.54) is 0 Å². The van der Waals surface area contributed by atoms with Gasteiger partial charge >= 0.3 is 6.09 Å². The van der Waals surface area contributed by atoms with Crippen molar-refractivity contribution in [2.75, 3.05) is 19.6 Å². The summed E-state index contributed by atoms with van der Waals surface area (Å²) in [4.78, 5) is 24.6. The summed E-state index contributed by atoms with van der Waals surface area (Å²) in [6, 6.07) is 0.342. The topological polar surface area (TPSA) is 58.6 Å². The Bertz CT molecular complexity index is 616. The maximum absolute atomic E-state index is 12.3. The third kappa shape index (κ3) is 3.64. The number of ether oxygens (including phenoxy) is 1. The highest BCUT2D eigenvalue weighted by molar-refractivity contribution is 6.28. The molecule has 3 heterocycles. The van der Waals surface area contributed by atoms with E-state index in [0.717, 1.165) is 31.6 Å². The minimum absolute atomic E-state index is 0.216. The van der Waals surface area contributed by atoms with Crippen LogP contribution in [0.2, 0.25) is 5.28 Å². The highest BCUT2D eigenvalue weighted by Crippen LogP contribution is 2.44. The Balaban J connectivity index is 1.63. The van der Waals surface area contributed by atoms with E-state index in [4.69, 9.17) is 16.3 Å². The number of amides is 1. The van der Waals surface area contributed by atoms with E-state index in [1.54, 1.807) is 12.4 Å². The molecule has 0 bridgehead atoms. The van der Waals surface area contributed by atoms with Gasteiger partial charge in [-0.3, -0.25) is 4.90 Å². The fourth-order valence-electron chi connectivity index (χ4n) is 3.59. The fourth-order valence-corrected chi connectivity index (χ4v) is 3.69. The van der Waals surface area contributed by atoms with Crippen molar-refractivity contribution >= 4 is 17.7 Å². The third-order valence-electron chi connectivity index (χ3n) is 4.87. The molecule has 0 N–H and O–H groups in total. The number of rotatable bonds is 2. The van der Waals surface area contributed by atoms with Gasteiger partial charge < -0.3 is 9.64 Å². The van der Waals surface area contributed by atoms with Crippen molar-refractivity contribution in [3.63, 3.8) is 0 Å². The van der Waals surface area contributed by atoms with Gasteiger partial charge in [0.25, 0.3) is 0 Å². The van der Waals surface area contributed by atoms with Crippen molar-refractivity contribution in [2.45, 2.75) is 52.3 Å². The molecule has 2 atom stereocenters. The third-order valence-corrected chi connectivity index (χ3v) is 5.06. The number of aromatic nitrogens is 2. The van der Waals surface area contributed by atoms with Crippen LogP contribution >= 0.6 is 11.6 Å². The molecule has 6 nitrogen and oxygen atoms in total. The van der Waals surface area contributed by atoms with Crippen LogP contribution in [0.3, 0.4) is 0 Å². The lowest BCUT2D eigenvalue weighted by atomic mass is 9.68. The second-order valence-corrected chi connectivity index (χ2v) is 8.45. The Kier molecular flexibility index (Phi) is 4.47. The van der Waals surface area contributed by atoms with E-state index in [9.17, 15) is 4.79 Å². The van der Waals surface area contributed by atoms with Crippen LogP contribution in [-0.2, 0) is 11.3 Å².